The lowest BCUT2D eigenvalue weighted by Gasteiger charge is -2.25. The quantitative estimate of drug-likeness (QED) is 0.456. The van der Waals surface area contributed by atoms with Crippen molar-refractivity contribution in [3.8, 4) is 0 Å². The van der Waals surface area contributed by atoms with Gasteiger partial charge in [-0.25, -0.2) is 0 Å². The Morgan fingerprint density at radius 2 is 2.08 bits per heavy atom. The van der Waals surface area contributed by atoms with Gasteiger partial charge >= 0.3 is 0 Å². The summed E-state index contributed by atoms with van der Waals surface area (Å²) in [5.41, 5.74) is 0.397. The molecule has 0 aromatic heterocycles. The first-order valence-electron chi connectivity index (χ1n) is 10.2. The predicted molar refractivity (Wildman–Crippen MR) is 103 cm³/mol. The Labute approximate surface area is 153 Å². The number of hydrogen-bond donors (Lipinski definition) is 1. The summed E-state index contributed by atoms with van der Waals surface area (Å²) >= 11 is 0. The molecule has 0 radical (unpaired) electrons. The molecule has 1 N–H and O–H groups in total. The fourth-order valence-corrected chi connectivity index (χ4v) is 4.32. The van der Waals surface area contributed by atoms with Crippen molar-refractivity contribution in [3.05, 3.63) is 0 Å². The Morgan fingerprint density at radius 3 is 2.88 bits per heavy atom. The summed E-state index contributed by atoms with van der Waals surface area (Å²) in [5.74, 6) is 1.11. The number of nitrogens with one attached hydrogen (secondary N) is 1. The van der Waals surface area contributed by atoms with Gasteiger partial charge in [0.15, 0.2) is 5.96 Å². The van der Waals surface area contributed by atoms with Crippen LogP contribution >= 0.6 is 0 Å². The molecule has 3 aliphatic rings. The molecule has 6 heteroatoms. The molecule has 1 unspecified atom stereocenters. The minimum Gasteiger partial charge on any atom is -0.381 e. The maximum absolute atomic E-state index is 5.66. The van der Waals surface area contributed by atoms with Gasteiger partial charge in [0.05, 0.1) is 6.61 Å². The maximum Gasteiger partial charge on any atom is 0.193 e. The topological polar surface area (TPSA) is 43.3 Å². The number of likely N-dealkylation sites (tertiary alicyclic amines) is 1. The highest BCUT2D eigenvalue weighted by Gasteiger charge is 2.42. The normalized spacial score (nSPS) is 29.5. The standard InChI is InChI=1S/C19H37N5O/c1-3-20-18(24-12-6-19(16-24)7-15-25-17-19)21-8-4-10-23-11-5-9-22(2)13-14-23/h3-17H2,1-2H3,(H,20,21). The van der Waals surface area contributed by atoms with Crippen molar-refractivity contribution in [2.45, 2.75) is 32.6 Å². The minimum absolute atomic E-state index is 0.397. The van der Waals surface area contributed by atoms with Crippen molar-refractivity contribution in [1.82, 2.24) is 20.0 Å². The second-order valence-electron chi connectivity index (χ2n) is 8.06. The average Bonchev–Trinajstić information content (AvgIpc) is 3.19. The molecule has 0 saturated carbocycles. The zero-order chi connectivity index (χ0) is 17.5. The molecule has 0 aromatic carbocycles. The second kappa shape index (κ2) is 9.19. The molecule has 0 bridgehead atoms. The predicted octanol–water partition coefficient (Wildman–Crippen LogP) is 1.09. The third kappa shape index (κ3) is 5.31. The van der Waals surface area contributed by atoms with Gasteiger partial charge in [-0.15, -0.1) is 0 Å². The van der Waals surface area contributed by atoms with Crippen molar-refractivity contribution in [2.24, 2.45) is 10.4 Å². The first-order valence-corrected chi connectivity index (χ1v) is 10.2. The van der Waals surface area contributed by atoms with Crippen LogP contribution < -0.4 is 5.32 Å². The number of nitrogens with zero attached hydrogens (tertiary/aromatic N) is 4. The number of rotatable bonds is 5. The number of likely N-dealkylation sites (N-methyl/N-ethyl adjacent to an activating group) is 1. The van der Waals surface area contributed by atoms with E-state index in [2.05, 4.69) is 34.0 Å². The van der Waals surface area contributed by atoms with Gasteiger partial charge in [0.25, 0.3) is 0 Å². The molecule has 3 fully saturated rings. The summed E-state index contributed by atoms with van der Waals surface area (Å²) in [7, 11) is 2.23. The third-order valence-electron chi connectivity index (χ3n) is 5.96. The van der Waals surface area contributed by atoms with Crippen LogP contribution in [0.1, 0.15) is 32.6 Å². The lowest BCUT2D eigenvalue weighted by atomic mass is 9.87. The van der Waals surface area contributed by atoms with E-state index in [-0.39, 0.29) is 0 Å². The van der Waals surface area contributed by atoms with Crippen LogP contribution in [-0.2, 0) is 4.74 Å². The summed E-state index contributed by atoms with van der Waals surface area (Å²) in [6.45, 7) is 14.2. The molecule has 1 atom stereocenters. The number of ether oxygens (including phenoxy) is 1. The van der Waals surface area contributed by atoms with Crippen LogP contribution in [0.4, 0.5) is 0 Å². The molecule has 25 heavy (non-hydrogen) atoms. The van der Waals surface area contributed by atoms with Crippen molar-refractivity contribution in [1.29, 1.82) is 0 Å². The molecule has 3 rings (SSSR count). The fraction of sp³-hybridized carbons (Fsp3) is 0.947. The second-order valence-corrected chi connectivity index (χ2v) is 8.06. The molecular formula is C19H37N5O. The van der Waals surface area contributed by atoms with Crippen LogP contribution in [0.3, 0.4) is 0 Å². The molecule has 0 aromatic rings. The lowest BCUT2D eigenvalue weighted by molar-refractivity contribution is 0.156. The molecule has 0 amide bonds. The number of aliphatic imine (C=N–C) groups is 1. The maximum atomic E-state index is 5.66. The molecule has 3 saturated heterocycles. The highest BCUT2D eigenvalue weighted by molar-refractivity contribution is 5.80. The highest BCUT2D eigenvalue weighted by Crippen LogP contribution is 2.38. The Balaban J connectivity index is 1.44. The van der Waals surface area contributed by atoms with Gasteiger partial charge in [0.1, 0.15) is 0 Å². The summed E-state index contributed by atoms with van der Waals surface area (Å²) in [6, 6.07) is 0. The van der Waals surface area contributed by atoms with Gasteiger partial charge in [-0.05, 0) is 59.3 Å². The summed E-state index contributed by atoms with van der Waals surface area (Å²) in [4.78, 5) is 12.4. The van der Waals surface area contributed by atoms with Crippen LogP contribution in [0.15, 0.2) is 4.99 Å². The first-order chi connectivity index (χ1) is 12.2. The van der Waals surface area contributed by atoms with E-state index in [0.29, 0.717) is 5.41 Å². The smallest absolute Gasteiger partial charge is 0.193 e. The van der Waals surface area contributed by atoms with E-state index < -0.39 is 0 Å². The van der Waals surface area contributed by atoms with Crippen LogP contribution in [0.25, 0.3) is 0 Å². The van der Waals surface area contributed by atoms with Gasteiger partial charge in [0.2, 0.25) is 0 Å². The van der Waals surface area contributed by atoms with E-state index in [9.17, 15) is 0 Å². The van der Waals surface area contributed by atoms with Crippen LogP contribution in [0.5, 0.6) is 0 Å². The molecule has 1 spiro atoms. The third-order valence-corrected chi connectivity index (χ3v) is 5.96. The lowest BCUT2D eigenvalue weighted by Crippen LogP contribution is -2.41. The van der Waals surface area contributed by atoms with Crippen molar-refractivity contribution in [3.63, 3.8) is 0 Å². The Morgan fingerprint density at radius 1 is 1.16 bits per heavy atom. The zero-order valence-corrected chi connectivity index (χ0v) is 16.3. The Bertz CT molecular complexity index is 436. The zero-order valence-electron chi connectivity index (χ0n) is 16.3. The van der Waals surface area contributed by atoms with Gasteiger partial charge < -0.3 is 24.8 Å². The summed E-state index contributed by atoms with van der Waals surface area (Å²) in [5, 5.41) is 3.50. The van der Waals surface area contributed by atoms with Crippen LogP contribution in [0.2, 0.25) is 0 Å². The Hall–Kier alpha value is -0.850. The van der Waals surface area contributed by atoms with Crippen molar-refractivity contribution >= 4 is 5.96 Å². The monoisotopic (exact) mass is 351 g/mol. The van der Waals surface area contributed by atoms with E-state index >= 15 is 0 Å². The molecule has 3 aliphatic heterocycles. The van der Waals surface area contributed by atoms with Gasteiger partial charge in [-0.1, -0.05) is 0 Å². The van der Waals surface area contributed by atoms with Gasteiger partial charge in [-0.3, -0.25) is 4.99 Å². The first kappa shape index (κ1) is 18.9. The fourth-order valence-electron chi connectivity index (χ4n) is 4.32. The number of hydrogen-bond acceptors (Lipinski definition) is 4. The summed E-state index contributed by atoms with van der Waals surface area (Å²) < 4.78 is 5.66. The van der Waals surface area contributed by atoms with Crippen LogP contribution in [0, 0.1) is 5.41 Å². The molecule has 144 valence electrons. The summed E-state index contributed by atoms with van der Waals surface area (Å²) in [6.07, 6.45) is 4.91. The van der Waals surface area contributed by atoms with E-state index in [1.165, 1.54) is 52.0 Å². The van der Waals surface area contributed by atoms with Gasteiger partial charge in [0, 0.05) is 51.3 Å². The molecular weight excluding hydrogens is 314 g/mol. The molecule has 3 heterocycles. The van der Waals surface area contributed by atoms with Gasteiger partial charge in [-0.2, -0.15) is 0 Å². The van der Waals surface area contributed by atoms with E-state index in [1.54, 1.807) is 0 Å². The minimum atomic E-state index is 0.397. The SMILES string of the molecule is CCNC(=NCCCN1CCCN(C)CC1)N1CCC2(CCOC2)C1. The number of guanidine groups is 1. The highest BCUT2D eigenvalue weighted by atomic mass is 16.5. The van der Waals surface area contributed by atoms with Crippen molar-refractivity contribution in [2.75, 3.05) is 79.2 Å². The van der Waals surface area contributed by atoms with E-state index in [0.717, 1.165) is 51.8 Å². The molecule has 0 aliphatic carbocycles. The van der Waals surface area contributed by atoms with E-state index in [4.69, 9.17) is 9.73 Å². The largest absolute Gasteiger partial charge is 0.381 e. The average molecular weight is 352 g/mol. The van der Waals surface area contributed by atoms with Crippen LogP contribution in [-0.4, -0.2) is 99.8 Å². The van der Waals surface area contributed by atoms with Crippen molar-refractivity contribution < 1.29 is 4.74 Å². The Kier molecular flexibility index (Phi) is 6.96. The van der Waals surface area contributed by atoms with E-state index in [1.807, 2.05) is 0 Å². The molecule has 6 nitrogen and oxygen atoms in total.